The van der Waals surface area contributed by atoms with Gasteiger partial charge in [-0.2, -0.15) is 0 Å². The highest BCUT2D eigenvalue weighted by Gasteiger charge is 2.39. The van der Waals surface area contributed by atoms with Gasteiger partial charge in [-0.15, -0.1) is 0 Å². The molecule has 1 saturated carbocycles. The van der Waals surface area contributed by atoms with Gasteiger partial charge in [0, 0.05) is 12.1 Å². The highest BCUT2D eigenvalue weighted by molar-refractivity contribution is 5.17. The summed E-state index contributed by atoms with van der Waals surface area (Å²) < 4.78 is 0. The summed E-state index contributed by atoms with van der Waals surface area (Å²) >= 11 is 0. The van der Waals surface area contributed by atoms with E-state index in [0.717, 1.165) is 12.5 Å². The van der Waals surface area contributed by atoms with E-state index in [4.69, 9.17) is 0 Å². The zero-order valence-electron chi connectivity index (χ0n) is 16.2. The Bertz CT molecular complexity index is 467. The van der Waals surface area contributed by atoms with Crippen molar-refractivity contribution in [3.8, 4) is 0 Å². The zero-order chi connectivity index (χ0) is 17.1. The Hall–Kier alpha value is -0.820. The molecule has 1 aromatic carbocycles. The molecule has 0 unspecified atom stereocenters. The van der Waals surface area contributed by atoms with Crippen molar-refractivity contribution in [2.75, 3.05) is 6.54 Å². The zero-order valence-corrected chi connectivity index (χ0v) is 16.2. The average Bonchev–Trinajstić information content (AvgIpc) is 2.45. The number of hydrogen-bond donors (Lipinski definition) is 1. The van der Waals surface area contributed by atoms with Gasteiger partial charge in [-0.1, -0.05) is 51.1 Å². The van der Waals surface area contributed by atoms with Crippen LogP contribution >= 0.6 is 0 Å². The van der Waals surface area contributed by atoms with Crippen molar-refractivity contribution in [3.05, 3.63) is 35.9 Å². The lowest BCUT2D eigenvalue weighted by Gasteiger charge is -2.45. The lowest BCUT2D eigenvalue weighted by molar-refractivity contribution is 0.0810. The quantitative estimate of drug-likeness (QED) is 0.736. The molecule has 2 rings (SSSR count). The number of hydrogen-bond acceptors (Lipinski definition) is 1. The SMILES string of the molecule is CC(C)(C)NCC1(Cc2ccccc2)CCC(C(C)(C)C)CC1. The molecule has 0 heterocycles. The first-order chi connectivity index (χ1) is 10.6. The summed E-state index contributed by atoms with van der Waals surface area (Å²) in [6.45, 7) is 15.2. The summed E-state index contributed by atoms with van der Waals surface area (Å²) in [5.74, 6) is 0.876. The van der Waals surface area contributed by atoms with Crippen LogP contribution in [0.4, 0.5) is 0 Å². The van der Waals surface area contributed by atoms with Crippen LogP contribution in [0.3, 0.4) is 0 Å². The van der Waals surface area contributed by atoms with E-state index in [9.17, 15) is 0 Å². The molecular formula is C22H37N. The minimum Gasteiger partial charge on any atom is -0.312 e. The lowest BCUT2D eigenvalue weighted by atomic mass is 9.62. The van der Waals surface area contributed by atoms with E-state index in [1.807, 2.05) is 0 Å². The first-order valence-corrected chi connectivity index (χ1v) is 9.39. The van der Waals surface area contributed by atoms with Crippen molar-refractivity contribution in [2.24, 2.45) is 16.7 Å². The minimum atomic E-state index is 0.199. The van der Waals surface area contributed by atoms with E-state index >= 15 is 0 Å². The molecule has 23 heavy (non-hydrogen) atoms. The molecule has 0 atom stereocenters. The van der Waals surface area contributed by atoms with Gasteiger partial charge in [-0.05, 0) is 75.2 Å². The number of benzene rings is 1. The van der Waals surface area contributed by atoms with Crippen LogP contribution in [0.15, 0.2) is 30.3 Å². The van der Waals surface area contributed by atoms with E-state index in [2.05, 4.69) is 77.2 Å². The second kappa shape index (κ2) is 6.97. The third-order valence-electron chi connectivity index (χ3n) is 5.69. The molecule has 130 valence electrons. The summed E-state index contributed by atoms with van der Waals surface area (Å²) in [6.07, 6.45) is 6.68. The maximum absolute atomic E-state index is 3.81. The first-order valence-electron chi connectivity index (χ1n) is 9.39. The van der Waals surface area contributed by atoms with E-state index in [0.29, 0.717) is 10.8 Å². The second-order valence-corrected chi connectivity index (χ2v) is 9.91. The van der Waals surface area contributed by atoms with Crippen molar-refractivity contribution in [3.63, 3.8) is 0 Å². The number of nitrogens with one attached hydrogen (secondary N) is 1. The molecule has 1 aliphatic rings. The fourth-order valence-electron chi connectivity index (χ4n) is 3.99. The molecular weight excluding hydrogens is 278 g/mol. The van der Waals surface area contributed by atoms with Gasteiger partial charge in [0.15, 0.2) is 0 Å². The molecule has 0 radical (unpaired) electrons. The smallest absolute Gasteiger partial charge is 0.00967 e. The van der Waals surface area contributed by atoms with Gasteiger partial charge in [-0.25, -0.2) is 0 Å². The fourth-order valence-corrected chi connectivity index (χ4v) is 3.99. The molecule has 1 fully saturated rings. The Kier molecular flexibility index (Phi) is 5.61. The molecule has 1 N–H and O–H groups in total. The molecule has 0 aliphatic heterocycles. The minimum absolute atomic E-state index is 0.199. The second-order valence-electron chi connectivity index (χ2n) is 9.91. The van der Waals surface area contributed by atoms with Gasteiger partial charge < -0.3 is 5.32 Å². The standard InChI is InChI=1S/C22H37N/c1-20(2,3)19-12-14-22(15-13-19,17-23-21(4,5)6)16-18-10-8-7-9-11-18/h7-11,19,23H,12-17H2,1-6H3. The molecule has 1 nitrogen and oxygen atoms in total. The normalized spacial score (nSPS) is 26.3. The first kappa shape index (κ1) is 18.5. The molecule has 0 amide bonds. The van der Waals surface area contributed by atoms with Crippen LogP contribution in [0, 0.1) is 16.7 Å². The van der Waals surface area contributed by atoms with Crippen molar-refractivity contribution >= 4 is 0 Å². The Morgan fingerprint density at radius 2 is 1.52 bits per heavy atom. The monoisotopic (exact) mass is 315 g/mol. The van der Waals surface area contributed by atoms with Crippen molar-refractivity contribution in [1.29, 1.82) is 0 Å². The highest BCUT2D eigenvalue weighted by Crippen LogP contribution is 2.46. The van der Waals surface area contributed by atoms with E-state index in [1.54, 1.807) is 0 Å². The van der Waals surface area contributed by atoms with Crippen molar-refractivity contribution in [1.82, 2.24) is 5.32 Å². The largest absolute Gasteiger partial charge is 0.312 e. The predicted molar refractivity (Wildman–Crippen MR) is 102 cm³/mol. The summed E-state index contributed by atoms with van der Waals surface area (Å²) in [5, 5.41) is 3.81. The van der Waals surface area contributed by atoms with Crippen LogP contribution in [-0.2, 0) is 6.42 Å². The Morgan fingerprint density at radius 3 is 2.00 bits per heavy atom. The molecule has 1 heteroatoms. The van der Waals surface area contributed by atoms with Crippen LogP contribution in [0.5, 0.6) is 0 Å². The Labute approximate surface area is 144 Å². The molecule has 1 aromatic rings. The summed E-state index contributed by atoms with van der Waals surface area (Å²) in [4.78, 5) is 0. The Balaban J connectivity index is 2.10. The van der Waals surface area contributed by atoms with Gasteiger partial charge >= 0.3 is 0 Å². The summed E-state index contributed by atoms with van der Waals surface area (Å²) in [5.41, 5.74) is 2.58. The lowest BCUT2D eigenvalue weighted by Crippen LogP contribution is -2.47. The topological polar surface area (TPSA) is 12.0 Å². The van der Waals surface area contributed by atoms with Gasteiger partial charge in [-0.3, -0.25) is 0 Å². The van der Waals surface area contributed by atoms with Gasteiger partial charge in [0.1, 0.15) is 0 Å². The number of rotatable bonds is 4. The van der Waals surface area contributed by atoms with Crippen LogP contribution in [0.2, 0.25) is 0 Å². The molecule has 0 saturated heterocycles. The molecule has 0 aromatic heterocycles. The van der Waals surface area contributed by atoms with Crippen LogP contribution in [-0.4, -0.2) is 12.1 Å². The highest BCUT2D eigenvalue weighted by atomic mass is 15.0. The van der Waals surface area contributed by atoms with E-state index < -0.39 is 0 Å². The van der Waals surface area contributed by atoms with Crippen molar-refractivity contribution < 1.29 is 0 Å². The maximum Gasteiger partial charge on any atom is 0.00967 e. The van der Waals surface area contributed by atoms with E-state index in [1.165, 1.54) is 37.7 Å². The summed E-state index contributed by atoms with van der Waals surface area (Å²) in [6, 6.07) is 11.1. The maximum atomic E-state index is 3.81. The Morgan fingerprint density at radius 1 is 0.957 bits per heavy atom. The van der Waals surface area contributed by atoms with Crippen molar-refractivity contribution in [2.45, 2.75) is 79.2 Å². The fraction of sp³-hybridized carbons (Fsp3) is 0.727. The third-order valence-corrected chi connectivity index (χ3v) is 5.69. The third kappa shape index (κ3) is 5.64. The van der Waals surface area contributed by atoms with Gasteiger partial charge in [0.2, 0.25) is 0 Å². The van der Waals surface area contributed by atoms with E-state index in [-0.39, 0.29) is 5.54 Å². The van der Waals surface area contributed by atoms with Crippen LogP contribution in [0.25, 0.3) is 0 Å². The van der Waals surface area contributed by atoms with Gasteiger partial charge in [0.25, 0.3) is 0 Å². The molecule has 0 bridgehead atoms. The van der Waals surface area contributed by atoms with Crippen LogP contribution in [0.1, 0.15) is 72.8 Å². The van der Waals surface area contributed by atoms with Gasteiger partial charge in [0.05, 0.1) is 0 Å². The average molecular weight is 316 g/mol. The van der Waals surface area contributed by atoms with Crippen LogP contribution < -0.4 is 5.32 Å². The predicted octanol–water partition coefficient (Wildman–Crippen LogP) is 5.84. The summed E-state index contributed by atoms with van der Waals surface area (Å²) in [7, 11) is 0. The molecule has 1 aliphatic carbocycles. The molecule has 0 spiro atoms.